The van der Waals surface area contributed by atoms with E-state index in [2.05, 4.69) is 40.7 Å². The number of carbonyl (C=O) groups is 2. The minimum atomic E-state index is -0.827. The van der Waals surface area contributed by atoms with Crippen LogP contribution in [0.15, 0.2) is 35.9 Å². The molecule has 1 spiro atoms. The third-order valence-electron chi connectivity index (χ3n) is 12.5. The summed E-state index contributed by atoms with van der Waals surface area (Å²) in [4.78, 5) is 28.4. The number of benzene rings is 2. The SMILES string of the molecule is CC(C)c1cc2c(cc1O)[C@@]1(C)CCC[C@](C)(CO)C1[C@@H](Oc1cc3c(cc1C(C)C)C(=O)C=C1[C@]4(CCC[C@@]13C)CO4)C2=O. The predicted octanol–water partition coefficient (Wildman–Crippen LogP) is 7.67. The zero-order chi connectivity index (χ0) is 32.3. The Hall–Kier alpha value is -2.96. The standard InChI is InChI=1S/C39H48O6/c1-21(2)23-14-26-27(16-29(23)41)38(7)12-8-10-36(5,19-40)35(38)34(33(26)43)45-31-17-28-25(15-24(31)22(3)4)30(42)18-32-37(28,6)11-9-13-39(32)20-44-39/h14-18,21-22,34-35,40-41H,8-13,19-20H2,1-7H3/t34-,35?,36+,37+,38+,39-/m0/s1. The maximum Gasteiger partial charge on any atom is 0.203 e. The maximum absolute atomic E-state index is 14.7. The van der Waals surface area contributed by atoms with E-state index in [-0.39, 0.29) is 52.7 Å². The zero-order valence-electron chi connectivity index (χ0n) is 27.9. The number of phenols is 1. The van der Waals surface area contributed by atoms with Crippen LogP contribution in [0, 0.1) is 11.3 Å². The Kier molecular flexibility index (Phi) is 6.83. The first-order valence-corrected chi connectivity index (χ1v) is 17.0. The van der Waals surface area contributed by atoms with Crippen LogP contribution in [0.3, 0.4) is 0 Å². The third-order valence-corrected chi connectivity index (χ3v) is 12.5. The number of allylic oxidation sites excluding steroid dienone is 1. The van der Waals surface area contributed by atoms with Crippen molar-refractivity contribution in [1.29, 1.82) is 0 Å². The van der Waals surface area contributed by atoms with E-state index in [1.807, 2.05) is 38.1 Å². The van der Waals surface area contributed by atoms with Gasteiger partial charge in [0.05, 0.1) is 6.61 Å². The summed E-state index contributed by atoms with van der Waals surface area (Å²) in [6, 6.07) is 7.76. The summed E-state index contributed by atoms with van der Waals surface area (Å²) in [5.41, 5.74) is 4.17. The van der Waals surface area contributed by atoms with Gasteiger partial charge >= 0.3 is 0 Å². The van der Waals surface area contributed by atoms with Crippen molar-refractivity contribution in [2.45, 2.75) is 121 Å². The number of rotatable bonds is 5. The largest absolute Gasteiger partial charge is 0.508 e. The number of phenolic OH excluding ortho intramolecular Hbond substituents is 1. The molecule has 240 valence electrons. The van der Waals surface area contributed by atoms with Crippen LogP contribution in [0.25, 0.3) is 0 Å². The second-order valence-corrected chi connectivity index (χ2v) is 16.1. The minimum absolute atomic E-state index is 0.0131. The molecule has 0 aromatic heterocycles. The van der Waals surface area contributed by atoms with Gasteiger partial charge in [-0.3, -0.25) is 9.59 Å². The van der Waals surface area contributed by atoms with Crippen LogP contribution in [0.1, 0.15) is 142 Å². The van der Waals surface area contributed by atoms with Crippen LogP contribution in [-0.2, 0) is 15.6 Å². The van der Waals surface area contributed by atoms with E-state index in [9.17, 15) is 19.8 Å². The molecule has 2 aromatic rings. The number of aromatic hydroxyl groups is 1. The Morgan fingerprint density at radius 3 is 2.20 bits per heavy atom. The molecule has 6 nitrogen and oxygen atoms in total. The quantitative estimate of drug-likeness (QED) is 0.337. The normalized spacial score (nSPS) is 35.1. The van der Waals surface area contributed by atoms with E-state index in [0.717, 1.165) is 71.9 Å². The van der Waals surface area contributed by atoms with Crippen LogP contribution in [0.2, 0.25) is 0 Å². The highest BCUT2D eigenvalue weighted by Gasteiger charge is 2.61. The molecule has 1 aliphatic heterocycles. The van der Waals surface area contributed by atoms with Crippen molar-refractivity contribution in [1.82, 2.24) is 0 Å². The number of fused-ring (bicyclic) bond motifs is 7. The Labute approximate surface area is 267 Å². The second-order valence-electron chi connectivity index (χ2n) is 16.1. The highest BCUT2D eigenvalue weighted by molar-refractivity contribution is 6.09. The summed E-state index contributed by atoms with van der Waals surface area (Å²) in [5, 5.41) is 21.9. The number of hydrogen-bond donors (Lipinski definition) is 2. The predicted molar refractivity (Wildman–Crippen MR) is 174 cm³/mol. The lowest BCUT2D eigenvalue weighted by Crippen LogP contribution is -2.60. The molecule has 2 aromatic carbocycles. The first kappa shape index (κ1) is 30.7. The van der Waals surface area contributed by atoms with Crippen molar-refractivity contribution in [2.24, 2.45) is 11.3 Å². The number of epoxide rings is 1. The van der Waals surface area contributed by atoms with Gasteiger partial charge in [-0.2, -0.15) is 0 Å². The monoisotopic (exact) mass is 612 g/mol. The molecule has 0 radical (unpaired) electrons. The Morgan fingerprint density at radius 2 is 1.56 bits per heavy atom. The number of carbonyl (C=O) groups excluding carboxylic acids is 2. The molecular formula is C39H48O6. The summed E-state index contributed by atoms with van der Waals surface area (Å²) in [6.45, 7) is 15.3. The number of ketones is 2. The van der Waals surface area contributed by atoms with E-state index >= 15 is 0 Å². The van der Waals surface area contributed by atoms with E-state index in [1.165, 1.54) is 0 Å². The van der Waals surface area contributed by atoms with E-state index in [4.69, 9.17) is 9.47 Å². The Morgan fingerprint density at radius 1 is 0.889 bits per heavy atom. The lowest BCUT2D eigenvalue weighted by atomic mass is 9.48. The summed E-state index contributed by atoms with van der Waals surface area (Å²) in [6.07, 6.45) is 6.41. The van der Waals surface area contributed by atoms with Crippen molar-refractivity contribution < 1.29 is 29.3 Å². The Balaban J connectivity index is 1.41. The van der Waals surface area contributed by atoms with Gasteiger partial charge in [0, 0.05) is 34.5 Å². The van der Waals surface area contributed by atoms with Crippen molar-refractivity contribution in [2.75, 3.05) is 13.2 Å². The number of aliphatic hydroxyl groups is 1. The molecular weight excluding hydrogens is 564 g/mol. The molecule has 5 aliphatic rings. The first-order chi connectivity index (χ1) is 21.2. The van der Waals surface area contributed by atoms with Crippen molar-refractivity contribution >= 4 is 11.6 Å². The lowest BCUT2D eigenvalue weighted by Gasteiger charge is -2.56. The second kappa shape index (κ2) is 10.0. The topological polar surface area (TPSA) is 96.4 Å². The molecule has 6 heteroatoms. The van der Waals surface area contributed by atoms with Crippen LogP contribution in [0.5, 0.6) is 11.5 Å². The molecule has 1 saturated heterocycles. The van der Waals surface area contributed by atoms with Gasteiger partial charge in [-0.25, -0.2) is 0 Å². The fourth-order valence-electron chi connectivity index (χ4n) is 9.90. The smallest absolute Gasteiger partial charge is 0.203 e. The molecule has 1 heterocycles. The summed E-state index contributed by atoms with van der Waals surface area (Å²) in [7, 11) is 0. The molecule has 2 saturated carbocycles. The molecule has 45 heavy (non-hydrogen) atoms. The number of aliphatic hydroxyl groups excluding tert-OH is 1. The zero-order valence-corrected chi connectivity index (χ0v) is 27.9. The van der Waals surface area contributed by atoms with Gasteiger partial charge in [-0.15, -0.1) is 0 Å². The number of ether oxygens (including phenoxy) is 2. The first-order valence-electron chi connectivity index (χ1n) is 17.0. The molecule has 0 bridgehead atoms. The summed E-state index contributed by atoms with van der Waals surface area (Å²) >= 11 is 0. The molecule has 4 aliphatic carbocycles. The minimum Gasteiger partial charge on any atom is -0.508 e. The highest BCUT2D eigenvalue weighted by Crippen LogP contribution is 2.60. The maximum atomic E-state index is 14.7. The van der Waals surface area contributed by atoms with Gasteiger partial charge < -0.3 is 19.7 Å². The van der Waals surface area contributed by atoms with Gasteiger partial charge in [0.1, 0.15) is 17.1 Å². The van der Waals surface area contributed by atoms with Crippen LogP contribution in [0.4, 0.5) is 0 Å². The Bertz CT molecular complexity index is 1640. The highest BCUT2D eigenvalue weighted by atomic mass is 16.6. The van der Waals surface area contributed by atoms with Gasteiger partial charge in [-0.05, 0) is 108 Å². The van der Waals surface area contributed by atoms with Crippen molar-refractivity contribution in [3.05, 3.63) is 69.3 Å². The van der Waals surface area contributed by atoms with Gasteiger partial charge in [0.2, 0.25) is 5.78 Å². The molecule has 6 atom stereocenters. The third kappa shape index (κ3) is 4.27. The van der Waals surface area contributed by atoms with E-state index in [1.54, 1.807) is 0 Å². The van der Waals surface area contributed by atoms with Crippen LogP contribution in [-0.4, -0.2) is 46.7 Å². The average molecular weight is 613 g/mol. The fraction of sp³-hybridized carbons (Fsp3) is 0.590. The van der Waals surface area contributed by atoms with Gasteiger partial charge in [-0.1, -0.05) is 54.9 Å². The molecule has 7 rings (SSSR count). The average Bonchev–Trinajstić information content (AvgIpc) is 3.76. The van der Waals surface area contributed by atoms with Crippen molar-refractivity contribution in [3.8, 4) is 11.5 Å². The molecule has 3 fully saturated rings. The number of hydrogen-bond acceptors (Lipinski definition) is 6. The number of Topliss-reactive ketones (excluding diaryl/α,β-unsaturated/α-hetero) is 1. The van der Waals surface area contributed by atoms with Crippen molar-refractivity contribution in [3.63, 3.8) is 0 Å². The molecule has 2 N–H and O–H groups in total. The van der Waals surface area contributed by atoms with E-state index in [0.29, 0.717) is 17.9 Å². The van der Waals surface area contributed by atoms with Gasteiger partial charge in [0.15, 0.2) is 11.9 Å². The lowest BCUT2D eigenvalue weighted by molar-refractivity contribution is -0.0631. The molecule has 0 amide bonds. The summed E-state index contributed by atoms with van der Waals surface area (Å²) in [5.74, 6) is 0.565. The molecule has 1 unspecified atom stereocenters. The van der Waals surface area contributed by atoms with Crippen LogP contribution < -0.4 is 4.74 Å². The van der Waals surface area contributed by atoms with Crippen LogP contribution >= 0.6 is 0 Å². The summed E-state index contributed by atoms with van der Waals surface area (Å²) < 4.78 is 13.1. The van der Waals surface area contributed by atoms with E-state index < -0.39 is 16.9 Å². The van der Waals surface area contributed by atoms with Gasteiger partial charge in [0.25, 0.3) is 0 Å². The fourth-order valence-corrected chi connectivity index (χ4v) is 9.90.